The molecule has 0 heterocycles. The molecule has 1 atom stereocenters. The van der Waals surface area contributed by atoms with E-state index in [2.05, 4.69) is 22.6 Å². The van der Waals surface area contributed by atoms with Crippen LogP contribution < -0.4 is 5.73 Å². The van der Waals surface area contributed by atoms with Gasteiger partial charge in [0.2, 0.25) is 0 Å². The first-order valence-electron chi connectivity index (χ1n) is 3.81. The van der Waals surface area contributed by atoms with E-state index in [0.717, 1.165) is 9.13 Å². The van der Waals surface area contributed by atoms with Crippen molar-refractivity contribution in [2.75, 3.05) is 6.67 Å². The summed E-state index contributed by atoms with van der Waals surface area (Å²) < 4.78 is 13.1. The molecule has 2 N–H and O–H groups in total. The average Bonchev–Trinajstić information content (AvgIpc) is 2.05. The van der Waals surface area contributed by atoms with Gasteiger partial charge in [0.05, 0.1) is 6.67 Å². The van der Waals surface area contributed by atoms with Crippen LogP contribution in [0.15, 0.2) is 24.3 Å². The van der Waals surface area contributed by atoms with Gasteiger partial charge in [0.15, 0.2) is 0 Å². The number of rotatable bonds is 3. The van der Waals surface area contributed by atoms with Crippen LogP contribution in [0.2, 0.25) is 0 Å². The molecule has 0 aliphatic rings. The Labute approximate surface area is 85.3 Å². The third-order valence-corrected chi connectivity index (χ3v) is 2.37. The molecule has 3 heteroatoms. The fraction of sp³-hybridized carbons (Fsp3) is 0.333. The van der Waals surface area contributed by atoms with Gasteiger partial charge in [0, 0.05) is 9.61 Å². The zero-order valence-corrected chi connectivity index (χ0v) is 8.79. The lowest BCUT2D eigenvalue weighted by Crippen LogP contribution is -2.10. The molecule has 0 unspecified atom stereocenters. The second-order valence-corrected chi connectivity index (χ2v) is 3.88. The summed E-state index contributed by atoms with van der Waals surface area (Å²) in [4.78, 5) is 0. The summed E-state index contributed by atoms with van der Waals surface area (Å²) in [6.07, 6.45) is 0.403. The number of halogens is 2. The summed E-state index contributed by atoms with van der Waals surface area (Å²) in [5.74, 6) is 0. The van der Waals surface area contributed by atoms with E-state index in [1.54, 1.807) is 0 Å². The maximum atomic E-state index is 11.9. The fourth-order valence-corrected chi connectivity index (χ4v) is 1.59. The zero-order valence-electron chi connectivity index (χ0n) is 6.63. The Hall–Kier alpha value is -0.160. The van der Waals surface area contributed by atoms with Gasteiger partial charge in [-0.3, -0.25) is 4.39 Å². The minimum absolute atomic E-state index is 0.162. The van der Waals surface area contributed by atoms with E-state index in [0.29, 0.717) is 6.42 Å². The van der Waals surface area contributed by atoms with E-state index in [1.165, 1.54) is 0 Å². The van der Waals surface area contributed by atoms with Crippen molar-refractivity contribution in [3.05, 3.63) is 33.4 Å². The molecule has 66 valence electrons. The van der Waals surface area contributed by atoms with E-state index in [-0.39, 0.29) is 12.7 Å². The van der Waals surface area contributed by atoms with Gasteiger partial charge in [0.1, 0.15) is 0 Å². The number of benzene rings is 1. The van der Waals surface area contributed by atoms with Crippen LogP contribution in [-0.2, 0) is 0 Å². The standard InChI is InChI=1S/C9H11FIN/c10-5-4-9(12)7-2-1-3-8(11)6-7/h1-3,6,9H,4-5,12H2/t9-/m1/s1. The smallest absolute Gasteiger partial charge is 0.0912 e. The van der Waals surface area contributed by atoms with E-state index in [9.17, 15) is 4.39 Å². The molecule has 1 aromatic rings. The molecule has 1 nitrogen and oxygen atoms in total. The van der Waals surface area contributed by atoms with Gasteiger partial charge in [-0.05, 0) is 46.7 Å². The van der Waals surface area contributed by atoms with Crippen molar-refractivity contribution in [3.63, 3.8) is 0 Å². The molecule has 0 amide bonds. The van der Waals surface area contributed by atoms with Crippen LogP contribution in [-0.4, -0.2) is 6.67 Å². The van der Waals surface area contributed by atoms with Crippen molar-refractivity contribution in [2.45, 2.75) is 12.5 Å². The van der Waals surface area contributed by atoms with Crippen molar-refractivity contribution in [2.24, 2.45) is 5.73 Å². The summed E-state index contributed by atoms with van der Waals surface area (Å²) in [6, 6.07) is 7.69. The van der Waals surface area contributed by atoms with Crippen LogP contribution in [0, 0.1) is 3.57 Å². The summed E-state index contributed by atoms with van der Waals surface area (Å²) >= 11 is 2.22. The molecule has 0 fully saturated rings. The number of alkyl halides is 1. The predicted octanol–water partition coefficient (Wildman–Crippen LogP) is 2.65. The Morgan fingerprint density at radius 2 is 2.25 bits per heavy atom. The molecular formula is C9H11FIN. The third-order valence-electron chi connectivity index (χ3n) is 1.70. The normalized spacial score (nSPS) is 12.9. The number of hydrogen-bond donors (Lipinski definition) is 1. The Morgan fingerprint density at radius 1 is 1.50 bits per heavy atom. The Balaban J connectivity index is 2.73. The van der Waals surface area contributed by atoms with E-state index >= 15 is 0 Å². The third kappa shape index (κ3) is 2.71. The van der Waals surface area contributed by atoms with Gasteiger partial charge in [-0.2, -0.15) is 0 Å². The topological polar surface area (TPSA) is 26.0 Å². The van der Waals surface area contributed by atoms with Crippen LogP contribution in [0.3, 0.4) is 0 Å². The Kier molecular flexibility index (Phi) is 3.94. The highest BCUT2D eigenvalue weighted by atomic mass is 127. The van der Waals surface area contributed by atoms with Gasteiger partial charge in [-0.25, -0.2) is 0 Å². The minimum Gasteiger partial charge on any atom is -0.324 e. The first-order chi connectivity index (χ1) is 5.74. The average molecular weight is 279 g/mol. The van der Waals surface area contributed by atoms with Crippen molar-refractivity contribution >= 4 is 22.6 Å². The Morgan fingerprint density at radius 3 is 2.83 bits per heavy atom. The SMILES string of the molecule is N[C@H](CCF)c1cccc(I)c1. The van der Waals surface area contributed by atoms with Gasteiger partial charge >= 0.3 is 0 Å². The monoisotopic (exact) mass is 279 g/mol. The van der Waals surface area contributed by atoms with Crippen LogP contribution in [0.4, 0.5) is 4.39 Å². The summed E-state index contributed by atoms with van der Waals surface area (Å²) in [6.45, 7) is -0.355. The van der Waals surface area contributed by atoms with E-state index in [1.807, 2.05) is 24.3 Å². The number of hydrogen-bond acceptors (Lipinski definition) is 1. The molecule has 0 spiro atoms. The second-order valence-electron chi connectivity index (χ2n) is 2.64. The molecule has 0 saturated heterocycles. The fourth-order valence-electron chi connectivity index (χ4n) is 1.02. The zero-order chi connectivity index (χ0) is 8.97. The first kappa shape index (κ1) is 9.92. The van der Waals surface area contributed by atoms with Crippen LogP contribution in [0.1, 0.15) is 18.0 Å². The lowest BCUT2D eigenvalue weighted by Gasteiger charge is -2.09. The molecule has 0 radical (unpaired) electrons. The van der Waals surface area contributed by atoms with Crippen LogP contribution >= 0.6 is 22.6 Å². The van der Waals surface area contributed by atoms with E-state index < -0.39 is 0 Å². The van der Waals surface area contributed by atoms with E-state index in [4.69, 9.17) is 5.73 Å². The molecule has 0 aliphatic carbocycles. The number of nitrogens with two attached hydrogens (primary N) is 1. The highest BCUT2D eigenvalue weighted by Crippen LogP contribution is 2.16. The summed E-state index contributed by atoms with van der Waals surface area (Å²) in [5, 5.41) is 0. The maximum absolute atomic E-state index is 11.9. The summed E-state index contributed by atoms with van der Waals surface area (Å²) in [5.41, 5.74) is 6.74. The quantitative estimate of drug-likeness (QED) is 0.846. The van der Waals surface area contributed by atoms with Gasteiger partial charge in [-0.1, -0.05) is 12.1 Å². The predicted molar refractivity (Wildman–Crippen MR) is 56.7 cm³/mol. The van der Waals surface area contributed by atoms with Gasteiger partial charge < -0.3 is 5.73 Å². The lowest BCUT2D eigenvalue weighted by molar-refractivity contribution is 0.442. The van der Waals surface area contributed by atoms with Crippen molar-refractivity contribution in [3.8, 4) is 0 Å². The molecule has 0 aliphatic heterocycles. The lowest BCUT2D eigenvalue weighted by atomic mass is 10.1. The Bertz CT molecular complexity index is 252. The first-order valence-corrected chi connectivity index (χ1v) is 4.89. The molecule has 1 aromatic carbocycles. The van der Waals surface area contributed by atoms with Crippen molar-refractivity contribution < 1.29 is 4.39 Å². The minimum atomic E-state index is -0.355. The molecule has 0 aromatic heterocycles. The van der Waals surface area contributed by atoms with Crippen LogP contribution in [0.25, 0.3) is 0 Å². The highest BCUT2D eigenvalue weighted by molar-refractivity contribution is 14.1. The second kappa shape index (κ2) is 4.77. The van der Waals surface area contributed by atoms with Crippen molar-refractivity contribution in [1.29, 1.82) is 0 Å². The largest absolute Gasteiger partial charge is 0.324 e. The molecule has 12 heavy (non-hydrogen) atoms. The van der Waals surface area contributed by atoms with Crippen LogP contribution in [0.5, 0.6) is 0 Å². The van der Waals surface area contributed by atoms with Gasteiger partial charge in [0.25, 0.3) is 0 Å². The van der Waals surface area contributed by atoms with Gasteiger partial charge in [-0.15, -0.1) is 0 Å². The molecule has 1 rings (SSSR count). The molecule has 0 saturated carbocycles. The molecule has 0 bridgehead atoms. The van der Waals surface area contributed by atoms with Crippen molar-refractivity contribution in [1.82, 2.24) is 0 Å². The summed E-state index contributed by atoms with van der Waals surface area (Å²) in [7, 11) is 0. The highest BCUT2D eigenvalue weighted by Gasteiger charge is 2.04. The molecular weight excluding hydrogens is 268 g/mol. The maximum Gasteiger partial charge on any atom is 0.0912 e.